The minimum absolute atomic E-state index is 0.0818. The van der Waals surface area contributed by atoms with Crippen LogP contribution < -0.4 is 0 Å². The fraction of sp³-hybridized carbons (Fsp3) is 0.643. The number of esters is 1. The maximum Gasteiger partial charge on any atom is 0.310 e. The lowest BCUT2D eigenvalue weighted by molar-refractivity contribution is -0.148. The summed E-state index contributed by atoms with van der Waals surface area (Å²) < 4.78 is 5.38. The molecule has 0 saturated heterocycles. The first-order valence-electron chi connectivity index (χ1n) is 5.86. The molecule has 0 radical (unpaired) electrons. The third-order valence-electron chi connectivity index (χ3n) is 2.30. The van der Waals surface area contributed by atoms with Gasteiger partial charge in [-0.2, -0.15) is 0 Å². The van der Waals surface area contributed by atoms with Crippen molar-refractivity contribution in [2.75, 3.05) is 0 Å². The van der Waals surface area contributed by atoms with Gasteiger partial charge in [-0.3, -0.25) is 4.79 Å². The first-order chi connectivity index (χ1) is 7.49. The Kier molecular flexibility index (Phi) is 4.61. The molecular formula is C14H20O2. The molecule has 0 aromatic heterocycles. The molecule has 16 heavy (non-hydrogen) atoms. The van der Waals surface area contributed by atoms with Crippen LogP contribution in [0.15, 0.2) is 12.2 Å². The van der Waals surface area contributed by atoms with E-state index >= 15 is 0 Å². The van der Waals surface area contributed by atoms with Gasteiger partial charge in [0.15, 0.2) is 6.10 Å². The van der Waals surface area contributed by atoms with Gasteiger partial charge in [-0.05, 0) is 37.7 Å². The van der Waals surface area contributed by atoms with E-state index in [1.54, 1.807) is 0 Å². The predicted octanol–water partition coefficient (Wildman–Crippen LogP) is 2.93. The highest BCUT2D eigenvalue weighted by atomic mass is 16.5. The molecule has 1 aliphatic carbocycles. The van der Waals surface area contributed by atoms with Gasteiger partial charge < -0.3 is 4.74 Å². The van der Waals surface area contributed by atoms with Gasteiger partial charge in [0.05, 0.1) is 5.92 Å². The van der Waals surface area contributed by atoms with Crippen LogP contribution in [0.2, 0.25) is 0 Å². The summed E-state index contributed by atoms with van der Waals surface area (Å²) in [5.41, 5.74) is 0.802. The first-order valence-corrected chi connectivity index (χ1v) is 5.86. The van der Waals surface area contributed by atoms with Crippen molar-refractivity contribution in [3.05, 3.63) is 12.2 Å². The molecule has 2 nitrogen and oxygen atoms in total. The molecule has 0 aliphatic heterocycles. The third-order valence-corrected chi connectivity index (χ3v) is 2.30. The van der Waals surface area contributed by atoms with E-state index in [-0.39, 0.29) is 18.0 Å². The Balaban J connectivity index is 2.52. The van der Waals surface area contributed by atoms with Gasteiger partial charge in [-0.1, -0.05) is 32.3 Å². The van der Waals surface area contributed by atoms with Crippen molar-refractivity contribution < 1.29 is 9.53 Å². The van der Waals surface area contributed by atoms with Crippen molar-refractivity contribution in [1.82, 2.24) is 0 Å². The van der Waals surface area contributed by atoms with Gasteiger partial charge in [0.1, 0.15) is 0 Å². The summed E-state index contributed by atoms with van der Waals surface area (Å²) in [4.78, 5) is 11.5. The summed E-state index contributed by atoms with van der Waals surface area (Å²) in [5, 5.41) is 0. The SMILES string of the molecule is C=C(C)C#CC(CC(C)C)OC(=O)C1CC1. The summed E-state index contributed by atoms with van der Waals surface area (Å²) in [7, 11) is 0. The Morgan fingerprint density at radius 2 is 2.12 bits per heavy atom. The average molecular weight is 220 g/mol. The molecule has 1 saturated carbocycles. The molecule has 2 heteroatoms. The Morgan fingerprint density at radius 1 is 1.50 bits per heavy atom. The van der Waals surface area contributed by atoms with Crippen molar-refractivity contribution >= 4 is 5.97 Å². The molecule has 0 aromatic rings. The zero-order chi connectivity index (χ0) is 12.1. The smallest absolute Gasteiger partial charge is 0.310 e. The Bertz CT molecular complexity index is 326. The first kappa shape index (κ1) is 12.8. The topological polar surface area (TPSA) is 26.3 Å². The number of hydrogen-bond acceptors (Lipinski definition) is 2. The normalized spacial score (nSPS) is 16.2. The lowest BCUT2D eigenvalue weighted by Gasteiger charge is -2.14. The Hall–Kier alpha value is -1.23. The van der Waals surface area contributed by atoms with E-state index < -0.39 is 0 Å². The maximum atomic E-state index is 11.5. The van der Waals surface area contributed by atoms with Gasteiger partial charge in [-0.25, -0.2) is 0 Å². The highest BCUT2D eigenvalue weighted by Gasteiger charge is 2.32. The second-order valence-electron chi connectivity index (χ2n) is 4.88. The third kappa shape index (κ3) is 5.02. The number of carbonyl (C=O) groups is 1. The van der Waals surface area contributed by atoms with Gasteiger partial charge in [0, 0.05) is 0 Å². The quantitative estimate of drug-likeness (QED) is 0.538. The van der Waals surface area contributed by atoms with Crippen molar-refractivity contribution in [1.29, 1.82) is 0 Å². The van der Waals surface area contributed by atoms with Crippen LogP contribution in [-0.4, -0.2) is 12.1 Å². The summed E-state index contributed by atoms with van der Waals surface area (Å²) >= 11 is 0. The standard InChI is InChI=1S/C14H20O2/c1-10(2)5-8-13(9-11(3)4)16-14(15)12-6-7-12/h11-13H,1,6-7,9H2,2-4H3. The molecule has 1 aliphatic rings. The van der Waals surface area contributed by atoms with E-state index in [2.05, 4.69) is 32.3 Å². The van der Waals surface area contributed by atoms with E-state index in [4.69, 9.17) is 4.74 Å². The van der Waals surface area contributed by atoms with Gasteiger partial charge >= 0.3 is 5.97 Å². The van der Waals surface area contributed by atoms with E-state index in [0.717, 1.165) is 24.8 Å². The molecular weight excluding hydrogens is 200 g/mol. The minimum atomic E-state index is -0.273. The van der Waals surface area contributed by atoms with Crippen molar-refractivity contribution in [2.24, 2.45) is 11.8 Å². The Morgan fingerprint density at radius 3 is 2.56 bits per heavy atom. The summed E-state index contributed by atoms with van der Waals surface area (Å²) in [5.74, 6) is 6.39. The van der Waals surface area contributed by atoms with Gasteiger partial charge in [-0.15, -0.1) is 0 Å². The van der Waals surface area contributed by atoms with E-state index in [9.17, 15) is 4.79 Å². The molecule has 0 amide bonds. The molecule has 1 rings (SSSR count). The second kappa shape index (κ2) is 5.75. The van der Waals surface area contributed by atoms with Crippen molar-refractivity contribution in [3.63, 3.8) is 0 Å². The molecule has 1 atom stereocenters. The molecule has 1 fully saturated rings. The number of hydrogen-bond donors (Lipinski definition) is 0. The van der Waals surface area contributed by atoms with Crippen LogP contribution >= 0.6 is 0 Å². The number of carbonyl (C=O) groups excluding carboxylic acids is 1. The molecule has 0 N–H and O–H groups in total. The van der Waals surface area contributed by atoms with Crippen LogP contribution in [0.4, 0.5) is 0 Å². The molecule has 0 heterocycles. The van der Waals surface area contributed by atoms with Gasteiger partial charge in [0.2, 0.25) is 0 Å². The zero-order valence-electron chi connectivity index (χ0n) is 10.4. The predicted molar refractivity (Wildman–Crippen MR) is 64.6 cm³/mol. The maximum absolute atomic E-state index is 11.5. The zero-order valence-corrected chi connectivity index (χ0v) is 10.4. The molecule has 0 bridgehead atoms. The summed E-state index contributed by atoms with van der Waals surface area (Å²) in [6.45, 7) is 9.76. The highest BCUT2D eigenvalue weighted by molar-refractivity contribution is 5.75. The van der Waals surface area contributed by atoms with Crippen LogP contribution in [0.3, 0.4) is 0 Å². The minimum Gasteiger partial charge on any atom is -0.449 e. The lowest BCUT2D eigenvalue weighted by atomic mass is 10.1. The van der Waals surface area contributed by atoms with Gasteiger partial charge in [0.25, 0.3) is 0 Å². The molecule has 1 unspecified atom stereocenters. The molecule has 88 valence electrons. The van der Waals surface area contributed by atoms with Crippen molar-refractivity contribution in [2.45, 2.75) is 46.1 Å². The number of ether oxygens (including phenoxy) is 1. The van der Waals surface area contributed by atoms with E-state index in [1.165, 1.54) is 0 Å². The largest absolute Gasteiger partial charge is 0.449 e. The lowest BCUT2D eigenvalue weighted by Crippen LogP contribution is -2.19. The average Bonchev–Trinajstić information content (AvgIpc) is 2.95. The fourth-order valence-electron chi connectivity index (χ4n) is 1.32. The Labute approximate surface area is 98.1 Å². The van der Waals surface area contributed by atoms with Crippen LogP contribution in [0.5, 0.6) is 0 Å². The second-order valence-corrected chi connectivity index (χ2v) is 4.88. The monoisotopic (exact) mass is 220 g/mol. The number of rotatable bonds is 4. The highest BCUT2D eigenvalue weighted by Crippen LogP contribution is 2.30. The summed E-state index contributed by atoms with van der Waals surface area (Å²) in [6.07, 6.45) is 2.46. The van der Waals surface area contributed by atoms with E-state index in [0.29, 0.717) is 5.92 Å². The van der Waals surface area contributed by atoms with Crippen molar-refractivity contribution in [3.8, 4) is 11.8 Å². The van der Waals surface area contributed by atoms with E-state index in [1.807, 2.05) is 6.92 Å². The summed E-state index contributed by atoms with van der Waals surface area (Å²) in [6, 6.07) is 0. The molecule has 0 spiro atoms. The van der Waals surface area contributed by atoms with Crippen LogP contribution in [0.25, 0.3) is 0 Å². The molecule has 0 aromatic carbocycles. The fourth-order valence-corrected chi connectivity index (χ4v) is 1.32. The van der Waals surface area contributed by atoms with Crippen LogP contribution in [0.1, 0.15) is 40.0 Å². The van der Waals surface area contributed by atoms with Crippen LogP contribution in [-0.2, 0) is 9.53 Å². The number of allylic oxidation sites excluding steroid dienone is 1. The van der Waals surface area contributed by atoms with Crippen LogP contribution in [0, 0.1) is 23.7 Å².